The number of benzene rings is 2. The lowest BCUT2D eigenvalue weighted by molar-refractivity contribution is 0.123. The highest BCUT2D eigenvalue weighted by molar-refractivity contribution is 5.81. The smallest absolute Gasteiger partial charge is 0.180 e. The second-order valence-electron chi connectivity index (χ2n) is 6.98. The largest absolute Gasteiger partial charge is 0.399 e. The van der Waals surface area contributed by atoms with E-state index in [-0.39, 0.29) is 0 Å². The molecule has 3 heterocycles. The lowest BCUT2D eigenvalue weighted by Crippen LogP contribution is -2.36. The van der Waals surface area contributed by atoms with Crippen LogP contribution in [0.3, 0.4) is 0 Å². The van der Waals surface area contributed by atoms with E-state index in [0.717, 1.165) is 48.9 Å². The van der Waals surface area contributed by atoms with Gasteiger partial charge in [0.2, 0.25) is 0 Å². The van der Waals surface area contributed by atoms with E-state index < -0.39 is 0 Å². The first-order valence-electron chi connectivity index (χ1n) is 9.66. The van der Waals surface area contributed by atoms with Crippen LogP contribution in [0.25, 0.3) is 16.9 Å². The van der Waals surface area contributed by atoms with Gasteiger partial charge in [0.15, 0.2) is 11.5 Å². The maximum Gasteiger partial charge on any atom is 0.180 e. The molecule has 146 valence electrons. The summed E-state index contributed by atoms with van der Waals surface area (Å²) in [4.78, 5) is 11.5. The van der Waals surface area contributed by atoms with Crippen LogP contribution in [-0.2, 0) is 4.74 Å². The van der Waals surface area contributed by atoms with Crippen molar-refractivity contribution >= 4 is 28.5 Å². The highest BCUT2D eigenvalue weighted by Crippen LogP contribution is 2.33. The number of ether oxygens (including phenoxy) is 1. The average molecular weight is 386 g/mol. The van der Waals surface area contributed by atoms with Crippen molar-refractivity contribution in [3.8, 4) is 11.3 Å². The molecule has 0 amide bonds. The molecule has 1 saturated heterocycles. The minimum atomic E-state index is 0.688. The van der Waals surface area contributed by atoms with Gasteiger partial charge in [-0.25, -0.2) is 9.97 Å². The maximum atomic E-state index is 5.90. The second kappa shape index (κ2) is 7.44. The molecule has 0 aliphatic carbocycles. The summed E-state index contributed by atoms with van der Waals surface area (Å²) in [5.74, 6) is 0.688. The first kappa shape index (κ1) is 17.5. The number of fused-ring (bicyclic) bond motifs is 1. The topological polar surface area (TPSA) is 80.7 Å². The summed E-state index contributed by atoms with van der Waals surface area (Å²) in [6.45, 7) is 3.27. The molecule has 0 spiro atoms. The van der Waals surface area contributed by atoms with Crippen molar-refractivity contribution in [1.82, 2.24) is 14.4 Å². The van der Waals surface area contributed by atoms with Crippen molar-refractivity contribution in [2.75, 3.05) is 42.3 Å². The van der Waals surface area contributed by atoms with Crippen molar-refractivity contribution < 1.29 is 4.74 Å². The van der Waals surface area contributed by atoms with Gasteiger partial charge in [-0.3, -0.25) is 4.40 Å². The summed E-state index contributed by atoms with van der Waals surface area (Å²) in [5.41, 5.74) is 11.6. The Morgan fingerprint density at radius 3 is 2.72 bits per heavy atom. The number of nitrogens with two attached hydrogens (primary N) is 1. The summed E-state index contributed by atoms with van der Waals surface area (Å²) >= 11 is 0. The normalized spacial score (nSPS) is 14.3. The van der Waals surface area contributed by atoms with E-state index in [1.807, 2.05) is 36.7 Å². The van der Waals surface area contributed by atoms with Crippen LogP contribution < -0.4 is 16.0 Å². The summed E-state index contributed by atoms with van der Waals surface area (Å²) in [7, 11) is 0. The van der Waals surface area contributed by atoms with Crippen LogP contribution in [0.5, 0.6) is 0 Å². The SMILES string of the molecule is Nc1cccc(Nc2nccn3c(-c4ccccc4N4CCOCC4)cnc23)c1. The van der Waals surface area contributed by atoms with E-state index in [2.05, 4.69) is 48.9 Å². The van der Waals surface area contributed by atoms with Gasteiger partial charge in [-0.05, 0) is 24.3 Å². The van der Waals surface area contributed by atoms with Crippen LogP contribution in [-0.4, -0.2) is 40.7 Å². The fourth-order valence-electron chi connectivity index (χ4n) is 3.73. The molecule has 3 N–H and O–H groups in total. The molecule has 29 heavy (non-hydrogen) atoms. The molecule has 2 aromatic heterocycles. The Morgan fingerprint density at radius 2 is 1.86 bits per heavy atom. The first-order valence-corrected chi connectivity index (χ1v) is 9.66. The van der Waals surface area contributed by atoms with Gasteiger partial charge in [-0.15, -0.1) is 0 Å². The third-order valence-electron chi connectivity index (χ3n) is 5.11. The van der Waals surface area contributed by atoms with Gasteiger partial charge in [0.25, 0.3) is 0 Å². The van der Waals surface area contributed by atoms with Crippen LogP contribution in [0, 0.1) is 0 Å². The van der Waals surface area contributed by atoms with Crippen molar-refractivity contribution in [1.29, 1.82) is 0 Å². The zero-order valence-corrected chi connectivity index (χ0v) is 16.0. The molecular weight excluding hydrogens is 364 g/mol. The Hall–Kier alpha value is -3.58. The van der Waals surface area contributed by atoms with E-state index >= 15 is 0 Å². The van der Waals surface area contributed by atoms with E-state index in [1.54, 1.807) is 6.20 Å². The fourth-order valence-corrected chi connectivity index (χ4v) is 3.73. The minimum Gasteiger partial charge on any atom is -0.399 e. The maximum absolute atomic E-state index is 5.90. The Kier molecular flexibility index (Phi) is 4.50. The standard InChI is InChI=1S/C22H22N6O/c23-16-4-3-5-17(14-16)26-21-22-25-15-20(28(22)9-8-24-21)18-6-1-2-7-19(18)27-10-12-29-13-11-27/h1-9,14-15H,10-13,23H2,(H,24,26). The lowest BCUT2D eigenvalue weighted by Gasteiger charge is -2.30. The molecular formula is C22H22N6O. The van der Waals surface area contributed by atoms with Gasteiger partial charge in [0, 0.05) is 48.1 Å². The van der Waals surface area contributed by atoms with Gasteiger partial charge in [-0.1, -0.05) is 24.3 Å². The highest BCUT2D eigenvalue weighted by atomic mass is 16.5. The Labute approximate surface area is 168 Å². The van der Waals surface area contributed by atoms with Crippen LogP contribution in [0.15, 0.2) is 67.1 Å². The predicted molar refractivity (Wildman–Crippen MR) is 116 cm³/mol. The number of aromatic nitrogens is 3. The molecule has 7 heteroatoms. The molecule has 0 bridgehead atoms. The monoisotopic (exact) mass is 386 g/mol. The highest BCUT2D eigenvalue weighted by Gasteiger charge is 2.18. The molecule has 5 rings (SSSR count). The fraction of sp³-hybridized carbons (Fsp3) is 0.182. The number of nitrogens with zero attached hydrogens (tertiary/aromatic N) is 4. The van der Waals surface area contributed by atoms with Crippen molar-refractivity contribution in [2.45, 2.75) is 0 Å². The molecule has 1 aliphatic heterocycles. The Balaban J connectivity index is 1.56. The molecule has 1 fully saturated rings. The number of hydrogen-bond acceptors (Lipinski definition) is 6. The zero-order chi connectivity index (χ0) is 19.6. The zero-order valence-electron chi connectivity index (χ0n) is 16.0. The number of imidazole rings is 1. The summed E-state index contributed by atoms with van der Waals surface area (Å²) < 4.78 is 7.59. The third kappa shape index (κ3) is 3.36. The van der Waals surface area contributed by atoms with E-state index in [4.69, 9.17) is 10.5 Å². The van der Waals surface area contributed by atoms with E-state index in [9.17, 15) is 0 Å². The van der Waals surface area contributed by atoms with Crippen molar-refractivity contribution in [3.05, 3.63) is 67.1 Å². The molecule has 0 radical (unpaired) electrons. The second-order valence-corrected chi connectivity index (χ2v) is 6.98. The molecule has 1 aliphatic rings. The predicted octanol–water partition coefficient (Wildman–Crippen LogP) is 3.56. The van der Waals surface area contributed by atoms with Gasteiger partial charge in [0.1, 0.15) is 0 Å². The van der Waals surface area contributed by atoms with Gasteiger partial charge >= 0.3 is 0 Å². The molecule has 2 aromatic carbocycles. The van der Waals surface area contributed by atoms with Gasteiger partial charge < -0.3 is 20.7 Å². The van der Waals surface area contributed by atoms with Crippen LogP contribution in [0.2, 0.25) is 0 Å². The average Bonchev–Trinajstić information content (AvgIpc) is 3.20. The molecule has 0 unspecified atom stereocenters. The number of rotatable bonds is 4. The first-order chi connectivity index (χ1) is 14.3. The number of nitrogens with one attached hydrogen (secondary N) is 1. The Morgan fingerprint density at radius 1 is 1.00 bits per heavy atom. The molecule has 7 nitrogen and oxygen atoms in total. The number of para-hydroxylation sites is 1. The van der Waals surface area contributed by atoms with Gasteiger partial charge in [0.05, 0.1) is 25.1 Å². The summed E-state index contributed by atoms with van der Waals surface area (Å²) in [6, 6.07) is 16.0. The van der Waals surface area contributed by atoms with Gasteiger partial charge in [-0.2, -0.15) is 0 Å². The van der Waals surface area contributed by atoms with Crippen molar-refractivity contribution in [3.63, 3.8) is 0 Å². The molecule has 0 atom stereocenters. The Bertz CT molecular complexity index is 1150. The van der Waals surface area contributed by atoms with Crippen molar-refractivity contribution in [2.24, 2.45) is 0 Å². The lowest BCUT2D eigenvalue weighted by atomic mass is 10.1. The van der Waals surface area contributed by atoms with Crippen LogP contribution in [0.1, 0.15) is 0 Å². The van der Waals surface area contributed by atoms with Crippen LogP contribution >= 0.6 is 0 Å². The molecule has 4 aromatic rings. The van der Waals surface area contributed by atoms with E-state index in [0.29, 0.717) is 11.5 Å². The quantitative estimate of drug-likeness (QED) is 0.522. The third-order valence-corrected chi connectivity index (χ3v) is 5.11. The summed E-state index contributed by atoms with van der Waals surface area (Å²) in [5, 5.41) is 3.33. The van der Waals surface area contributed by atoms with E-state index in [1.165, 1.54) is 5.69 Å². The minimum absolute atomic E-state index is 0.688. The van der Waals surface area contributed by atoms with Crippen LogP contribution in [0.4, 0.5) is 22.9 Å². The number of hydrogen-bond donors (Lipinski definition) is 2. The summed E-state index contributed by atoms with van der Waals surface area (Å²) in [6.07, 6.45) is 5.63. The molecule has 0 saturated carbocycles. The number of anilines is 4. The number of nitrogen functional groups attached to an aromatic ring is 1. The number of morpholine rings is 1.